The topological polar surface area (TPSA) is 42.7 Å². The van der Waals surface area contributed by atoms with E-state index in [1.807, 2.05) is 18.8 Å². The maximum absolute atomic E-state index is 4.49. The monoisotopic (exact) mass is 194 g/mol. The second kappa shape index (κ2) is 3.98. The lowest BCUT2D eigenvalue weighted by Crippen LogP contribution is -2.10. The minimum atomic E-state index is 0.628. The quantitative estimate of drug-likeness (QED) is 0.782. The van der Waals surface area contributed by atoms with E-state index in [0.717, 1.165) is 11.8 Å². The third kappa shape index (κ3) is 1.74. The van der Waals surface area contributed by atoms with E-state index in [2.05, 4.69) is 15.4 Å². The molecule has 0 aromatic carbocycles. The molecule has 0 radical (unpaired) electrons. The molecule has 0 spiro atoms. The molecule has 0 aliphatic heterocycles. The Morgan fingerprint density at radius 1 is 1.29 bits per heavy atom. The molecule has 1 aromatic heterocycles. The largest absolute Gasteiger partial charge is 0.356 e. The maximum atomic E-state index is 4.49. The third-order valence-corrected chi connectivity index (χ3v) is 2.99. The van der Waals surface area contributed by atoms with Crippen LogP contribution in [-0.4, -0.2) is 21.8 Å². The molecule has 0 bridgehead atoms. The number of anilines is 1. The van der Waals surface area contributed by atoms with Gasteiger partial charge in [0.25, 0.3) is 0 Å². The fourth-order valence-corrected chi connectivity index (χ4v) is 2.22. The minimum Gasteiger partial charge on any atom is -0.356 e. The third-order valence-electron chi connectivity index (χ3n) is 2.99. The van der Waals surface area contributed by atoms with E-state index in [4.69, 9.17) is 0 Å². The van der Waals surface area contributed by atoms with Gasteiger partial charge in [0, 0.05) is 20.0 Å². The number of hydrogen-bond donors (Lipinski definition) is 1. The maximum Gasteiger partial charge on any atom is 0.242 e. The summed E-state index contributed by atoms with van der Waals surface area (Å²) in [7, 11) is 3.85. The first-order chi connectivity index (χ1) is 6.81. The van der Waals surface area contributed by atoms with Gasteiger partial charge in [0.15, 0.2) is 0 Å². The van der Waals surface area contributed by atoms with Gasteiger partial charge in [-0.1, -0.05) is 19.3 Å². The van der Waals surface area contributed by atoms with Crippen LogP contribution in [-0.2, 0) is 7.05 Å². The van der Waals surface area contributed by atoms with Gasteiger partial charge in [-0.25, -0.2) is 0 Å². The summed E-state index contributed by atoms with van der Waals surface area (Å²) in [4.78, 5) is 4.49. The molecule has 1 N–H and O–H groups in total. The number of aromatic nitrogens is 3. The lowest BCUT2D eigenvalue weighted by atomic mass is 9.89. The molecule has 0 saturated heterocycles. The van der Waals surface area contributed by atoms with Gasteiger partial charge in [-0.05, 0) is 12.8 Å². The summed E-state index contributed by atoms with van der Waals surface area (Å²) < 4.78 is 1.92. The van der Waals surface area contributed by atoms with Crippen molar-refractivity contribution in [2.75, 3.05) is 12.4 Å². The Kier molecular flexibility index (Phi) is 2.70. The Balaban J connectivity index is 2.17. The Morgan fingerprint density at radius 2 is 2.00 bits per heavy atom. The Bertz CT molecular complexity index is 299. The van der Waals surface area contributed by atoms with Crippen LogP contribution in [0.3, 0.4) is 0 Å². The predicted octanol–water partition coefficient (Wildman–Crippen LogP) is 1.90. The first-order valence-electron chi connectivity index (χ1n) is 5.40. The fourth-order valence-electron chi connectivity index (χ4n) is 2.22. The van der Waals surface area contributed by atoms with Crippen molar-refractivity contribution >= 4 is 5.95 Å². The molecule has 0 atom stereocenters. The van der Waals surface area contributed by atoms with Gasteiger partial charge in [0.05, 0.1) is 0 Å². The summed E-state index contributed by atoms with van der Waals surface area (Å²) in [6.07, 6.45) is 6.61. The van der Waals surface area contributed by atoms with E-state index >= 15 is 0 Å². The summed E-state index contributed by atoms with van der Waals surface area (Å²) >= 11 is 0. The molecular formula is C10H18N4. The van der Waals surface area contributed by atoms with E-state index in [0.29, 0.717) is 5.92 Å². The SMILES string of the molecule is CNc1nc(C2CCCCC2)n(C)n1. The van der Waals surface area contributed by atoms with Crippen LogP contribution in [0, 0.1) is 0 Å². The predicted molar refractivity (Wildman–Crippen MR) is 56.4 cm³/mol. The number of hydrogen-bond acceptors (Lipinski definition) is 3. The highest BCUT2D eigenvalue weighted by Crippen LogP contribution is 2.31. The number of aryl methyl sites for hydroxylation is 1. The molecule has 4 nitrogen and oxygen atoms in total. The van der Waals surface area contributed by atoms with Crippen molar-refractivity contribution in [1.29, 1.82) is 0 Å². The molecule has 1 saturated carbocycles. The molecule has 14 heavy (non-hydrogen) atoms. The number of nitrogens with zero attached hydrogens (tertiary/aromatic N) is 3. The van der Waals surface area contributed by atoms with Crippen molar-refractivity contribution in [3.8, 4) is 0 Å². The Morgan fingerprint density at radius 3 is 2.57 bits per heavy atom. The van der Waals surface area contributed by atoms with Gasteiger partial charge in [-0.15, -0.1) is 5.10 Å². The zero-order valence-electron chi connectivity index (χ0n) is 8.95. The van der Waals surface area contributed by atoms with Crippen LogP contribution in [0.4, 0.5) is 5.95 Å². The van der Waals surface area contributed by atoms with E-state index in [1.54, 1.807) is 0 Å². The Hall–Kier alpha value is -1.06. The highest BCUT2D eigenvalue weighted by molar-refractivity contribution is 5.22. The average Bonchev–Trinajstić information content (AvgIpc) is 2.61. The summed E-state index contributed by atoms with van der Waals surface area (Å²) in [5, 5.41) is 7.28. The molecule has 1 aliphatic carbocycles. The molecule has 2 rings (SSSR count). The molecule has 1 heterocycles. The van der Waals surface area contributed by atoms with Gasteiger partial charge in [-0.3, -0.25) is 4.68 Å². The fraction of sp³-hybridized carbons (Fsp3) is 0.800. The second-order valence-electron chi connectivity index (χ2n) is 4.00. The summed E-state index contributed by atoms with van der Waals surface area (Å²) in [5.41, 5.74) is 0. The lowest BCUT2D eigenvalue weighted by Gasteiger charge is -2.19. The smallest absolute Gasteiger partial charge is 0.242 e. The van der Waals surface area contributed by atoms with Crippen LogP contribution in [0.5, 0.6) is 0 Å². The first kappa shape index (κ1) is 9.49. The lowest BCUT2D eigenvalue weighted by molar-refractivity contribution is 0.417. The van der Waals surface area contributed by atoms with Crippen LogP contribution < -0.4 is 5.32 Å². The normalized spacial score (nSPS) is 18.4. The standard InChI is InChI=1S/C10H18N4/c1-11-10-12-9(14(2)13-10)8-6-4-3-5-7-8/h8H,3-7H2,1-2H3,(H,11,13). The van der Waals surface area contributed by atoms with Crippen LogP contribution in [0.15, 0.2) is 0 Å². The molecular weight excluding hydrogens is 176 g/mol. The zero-order chi connectivity index (χ0) is 9.97. The van der Waals surface area contributed by atoms with Crippen LogP contribution in [0.1, 0.15) is 43.8 Å². The van der Waals surface area contributed by atoms with Crippen molar-refractivity contribution < 1.29 is 0 Å². The molecule has 78 valence electrons. The zero-order valence-corrected chi connectivity index (χ0v) is 8.95. The Labute approximate surface area is 84.7 Å². The van der Waals surface area contributed by atoms with Crippen molar-refractivity contribution in [3.63, 3.8) is 0 Å². The van der Waals surface area contributed by atoms with Gasteiger partial charge >= 0.3 is 0 Å². The molecule has 4 heteroatoms. The molecule has 1 aliphatic rings. The molecule has 1 fully saturated rings. The number of rotatable bonds is 2. The van der Waals surface area contributed by atoms with Crippen LogP contribution in [0.25, 0.3) is 0 Å². The first-order valence-corrected chi connectivity index (χ1v) is 5.40. The molecule has 0 amide bonds. The van der Waals surface area contributed by atoms with Crippen LogP contribution >= 0.6 is 0 Å². The minimum absolute atomic E-state index is 0.628. The van der Waals surface area contributed by atoms with Crippen molar-refractivity contribution in [2.24, 2.45) is 7.05 Å². The van der Waals surface area contributed by atoms with Gasteiger partial charge < -0.3 is 5.32 Å². The summed E-state index contributed by atoms with van der Waals surface area (Å²) in [6, 6.07) is 0. The van der Waals surface area contributed by atoms with E-state index < -0.39 is 0 Å². The van der Waals surface area contributed by atoms with Crippen molar-refractivity contribution in [3.05, 3.63) is 5.82 Å². The van der Waals surface area contributed by atoms with Gasteiger partial charge in [0.1, 0.15) is 5.82 Å². The van der Waals surface area contributed by atoms with Gasteiger partial charge in [0.2, 0.25) is 5.95 Å². The van der Waals surface area contributed by atoms with Gasteiger partial charge in [-0.2, -0.15) is 4.98 Å². The number of nitrogens with one attached hydrogen (secondary N) is 1. The summed E-state index contributed by atoms with van der Waals surface area (Å²) in [5.74, 6) is 2.52. The van der Waals surface area contributed by atoms with Crippen molar-refractivity contribution in [2.45, 2.75) is 38.0 Å². The average molecular weight is 194 g/mol. The van der Waals surface area contributed by atoms with Crippen LogP contribution in [0.2, 0.25) is 0 Å². The second-order valence-corrected chi connectivity index (χ2v) is 4.00. The highest BCUT2D eigenvalue weighted by Gasteiger charge is 2.20. The summed E-state index contributed by atoms with van der Waals surface area (Å²) in [6.45, 7) is 0. The van der Waals surface area contributed by atoms with E-state index in [-0.39, 0.29) is 0 Å². The van der Waals surface area contributed by atoms with E-state index in [1.165, 1.54) is 32.1 Å². The van der Waals surface area contributed by atoms with Crippen molar-refractivity contribution in [1.82, 2.24) is 14.8 Å². The molecule has 1 aromatic rings. The molecule has 0 unspecified atom stereocenters. The van der Waals surface area contributed by atoms with E-state index in [9.17, 15) is 0 Å². The highest BCUT2D eigenvalue weighted by atomic mass is 15.4.